The summed E-state index contributed by atoms with van der Waals surface area (Å²) in [4.78, 5) is 21.2. The summed E-state index contributed by atoms with van der Waals surface area (Å²) in [5.41, 5.74) is -0.707. The van der Waals surface area contributed by atoms with Crippen LogP contribution in [0.2, 0.25) is 0 Å². The zero-order chi connectivity index (χ0) is 13.7. The molecular weight excluding hydrogens is 243 g/mol. The first-order chi connectivity index (χ1) is 8.45. The number of benzene rings is 1. The van der Waals surface area contributed by atoms with Crippen LogP contribution in [0.15, 0.2) is 18.2 Å². The first kappa shape index (κ1) is 14.0. The number of nitrogens with zero attached hydrogens (tertiary/aromatic N) is 1. The van der Waals surface area contributed by atoms with Gasteiger partial charge in [0.15, 0.2) is 0 Å². The fourth-order valence-corrected chi connectivity index (χ4v) is 1.25. The van der Waals surface area contributed by atoms with Crippen LogP contribution in [0, 0.1) is 15.9 Å². The van der Waals surface area contributed by atoms with Crippen molar-refractivity contribution in [1.82, 2.24) is 5.32 Å². The molecule has 1 unspecified atom stereocenters. The highest BCUT2D eigenvalue weighted by Gasteiger charge is 2.16. The number of nitrogens with one attached hydrogen (secondary N) is 1. The summed E-state index contributed by atoms with van der Waals surface area (Å²) in [5.74, 6) is -1.68. The van der Waals surface area contributed by atoms with Gasteiger partial charge in [-0.3, -0.25) is 14.9 Å². The van der Waals surface area contributed by atoms with Crippen LogP contribution in [0.1, 0.15) is 23.7 Å². The summed E-state index contributed by atoms with van der Waals surface area (Å²) in [5, 5.41) is 22.0. The molecule has 7 heteroatoms. The highest BCUT2D eigenvalue weighted by molar-refractivity contribution is 5.94. The molecule has 0 aliphatic heterocycles. The number of non-ortho nitro benzene ring substituents is 1. The van der Waals surface area contributed by atoms with Gasteiger partial charge in [0, 0.05) is 12.6 Å². The van der Waals surface area contributed by atoms with Crippen molar-refractivity contribution in [2.24, 2.45) is 0 Å². The number of hydrogen-bond acceptors (Lipinski definition) is 4. The summed E-state index contributed by atoms with van der Waals surface area (Å²) < 4.78 is 13.4. The van der Waals surface area contributed by atoms with E-state index in [0.29, 0.717) is 12.5 Å². The SMILES string of the molecule is CCC(O)CNC(=O)c1ccc([N+](=O)[O-])cc1F. The number of hydrogen-bond donors (Lipinski definition) is 2. The summed E-state index contributed by atoms with van der Waals surface area (Å²) in [7, 11) is 0. The summed E-state index contributed by atoms with van der Waals surface area (Å²) in [6.45, 7) is 1.75. The molecule has 0 saturated carbocycles. The molecule has 0 spiro atoms. The number of nitro benzene ring substituents is 1. The van der Waals surface area contributed by atoms with Gasteiger partial charge < -0.3 is 10.4 Å². The fraction of sp³-hybridized carbons (Fsp3) is 0.364. The Morgan fingerprint density at radius 3 is 2.78 bits per heavy atom. The smallest absolute Gasteiger partial charge is 0.272 e. The quantitative estimate of drug-likeness (QED) is 0.612. The second-order valence-corrected chi connectivity index (χ2v) is 3.69. The molecule has 1 amide bonds. The van der Waals surface area contributed by atoms with Crippen molar-refractivity contribution in [2.75, 3.05) is 6.54 Å². The normalized spacial score (nSPS) is 11.9. The monoisotopic (exact) mass is 256 g/mol. The van der Waals surface area contributed by atoms with Crippen molar-refractivity contribution < 1.29 is 19.2 Å². The number of carbonyl (C=O) groups excluding carboxylic acids is 1. The van der Waals surface area contributed by atoms with E-state index in [1.807, 2.05) is 0 Å². The van der Waals surface area contributed by atoms with Gasteiger partial charge in [0.1, 0.15) is 5.82 Å². The minimum absolute atomic E-state index is 0.00572. The highest BCUT2D eigenvalue weighted by Crippen LogP contribution is 2.16. The highest BCUT2D eigenvalue weighted by atomic mass is 19.1. The molecule has 2 N–H and O–H groups in total. The van der Waals surface area contributed by atoms with Gasteiger partial charge in [-0.15, -0.1) is 0 Å². The molecule has 0 bridgehead atoms. The van der Waals surface area contributed by atoms with Crippen molar-refractivity contribution in [3.63, 3.8) is 0 Å². The molecule has 0 aliphatic rings. The van der Waals surface area contributed by atoms with Crippen LogP contribution in [0.4, 0.5) is 10.1 Å². The van der Waals surface area contributed by atoms with E-state index in [0.717, 1.165) is 12.1 Å². The van der Waals surface area contributed by atoms with Gasteiger partial charge in [-0.05, 0) is 12.5 Å². The summed E-state index contributed by atoms with van der Waals surface area (Å²) in [6, 6.07) is 2.78. The van der Waals surface area contributed by atoms with E-state index in [1.165, 1.54) is 0 Å². The molecule has 6 nitrogen and oxygen atoms in total. The van der Waals surface area contributed by atoms with Gasteiger partial charge in [0.25, 0.3) is 11.6 Å². The maximum atomic E-state index is 13.4. The topological polar surface area (TPSA) is 92.5 Å². The number of halogens is 1. The van der Waals surface area contributed by atoms with Gasteiger partial charge in [0.05, 0.1) is 22.7 Å². The Hall–Kier alpha value is -2.02. The third-order valence-corrected chi connectivity index (χ3v) is 2.38. The largest absolute Gasteiger partial charge is 0.391 e. The van der Waals surface area contributed by atoms with Gasteiger partial charge in [0.2, 0.25) is 0 Å². The Kier molecular flexibility index (Phi) is 4.73. The molecule has 0 aromatic heterocycles. The molecule has 0 saturated heterocycles. The number of nitro groups is 1. The second kappa shape index (κ2) is 6.06. The summed E-state index contributed by atoms with van der Waals surface area (Å²) in [6.07, 6.45) is -0.238. The van der Waals surface area contributed by atoms with E-state index in [4.69, 9.17) is 0 Å². The molecular formula is C11H13FN2O4. The Labute approximate surface area is 103 Å². The molecule has 0 radical (unpaired) electrons. The van der Waals surface area contributed by atoms with Crippen LogP contribution >= 0.6 is 0 Å². The first-order valence-electron chi connectivity index (χ1n) is 5.36. The van der Waals surface area contributed by atoms with Gasteiger partial charge in [-0.2, -0.15) is 0 Å². The molecule has 1 aromatic rings. The molecule has 18 heavy (non-hydrogen) atoms. The van der Waals surface area contributed by atoms with Crippen LogP contribution in [-0.4, -0.2) is 28.6 Å². The zero-order valence-corrected chi connectivity index (χ0v) is 9.72. The van der Waals surface area contributed by atoms with Crippen molar-refractivity contribution in [3.8, 4) is 0 Å². The molecule has 0 fully saturated rings. The molecule has 0 aliphatic carbocycles. The maximum absolute atomic E-state index is 13.4. The number of aliphatic hydroxyl groups is 1. The zero-order valence-electron chi connectivity index (χ0n) is 9.72. The first-order valence-corrected chi connectivity index (χ1v) is 5.36. The number of carbonyl (C=O) groups is 1. The van der Waals surface area contributed by atoms with E-state index in [2.05, 4.69) is 5.32 Å². The van der Waals surface area contributed by atoms with Crippen LogP contribution in [0.25, 0.3) is 0 Å². The maximum Gasteiger partial charge on any atom is 0.272 e. The van der Waals surface area contributed by atoms with E-state index in [-0.39, 0.29) is 12.1 Å². The van der Waals surface area contributed by atoms with Crippen LogP contribution in [0.5, 0.6) is 0 Å². The second-order valence-electron chi connectivity index (χ2n) is 3.69. The predicted octanol–water partition coefficient (Wildman–Crippen LogP) is 1.23. The minimum Gasteiger partial charge on any atom is -0.391 e. The average Bonchev–Trinajstić information content (AvgIpc) is 2.35. The Morgan fingerprint density at radius 1 is 1.61 bits per heavy atom. The van der Waals surface area contributed by atoms with Gasteiger partial charge in [-0.1, -0.05) is 6.92 Å². The van der Waals surface area contributed by atoms with E-state index >= 15 is 0 Å². The standard InChI is InChI=1S/C11H13FN2O4/c1-2-8(15)6-13-11(16)9-4-3-7(14(17)18)5-10(9)12/h3-5,8,15H,2,6H2,1H3,(H,13,16). The molecule has 0 heterocycles. The van der Waals surface area contributed by atoms with Gasteiger partial charge in [-0.25, -0.2) is 4.39 Å². The van der Waals surface area contributed by atoms with Crippen molar-refractivity contribution in [3.05, 3.63) is 39.7 Å². The minimum atomic E-state index is -0.965. The number of rotatable bonds is 5. The van der Waals surface area contributed by atoms with Crippen LogP contribution in [-0.2, 0) is 0 Å². The predicted molar refractivity (Wildman–Crippen MR) is 61.7 cm³/mol. The molecule has 1 aromatic carbocycles. The van der Waals surface area contributed by atoms with Crippen molar-refractivity contribution in [2.45, 2.75) is 19.4 Å². The van der Waals surface area contributed by atoms with Crippen LogP contribution < -0.4 is 5.32 Å². The van der Waals surface area contributed by atoms with E-state index in [1.54, 1.807) is 6.92 Å². The van der Waals surface area contributed by atoms with E-state index in [9.17, 15) is 24.4 Å². The third kappa shape index (κ3) is 3.49. The van der Waals surface area contributed by atoms with Crippen molar-refractivity contribution in [1.29, 1.82) is 0 Å². The Morgan fingerprint density at radius 2 is 2.28 bits per heavy atom. The number of amides is 1. The molecule has 1 atom stereocenters. The van der Waals surface area contributed by atoms with Crippen molar-refractivity contribution >= 4 is 11.6 Å². The van der Waals surface area contributed by atoms with Crippen LogP contribution in [0.3, 0.4) is 0 Å². The lowest BCUT2D eigenvalue weighted by molar-refractivity contribution is -0.385. The lowest BCUT2D eigenvalue weighted by atomic mass is 10.1. The Bertz CT molecular complexity index is 464. The fourth-order valence-electron chi connectivity index (χ4n) is 1.25. The average molecular weight is 256 g/mol. The molecule has 98 valence electrons. The Balaban J connectivity index is 2.78. The lowest BCUT2D eigenvalue weighted by Gasteiger charge is -2.09. The third-order valence-electron chi connectivity index (χ3n) is 2.38. The molecule has 1 rings (SSSR count). The lowest BCUT2D eigenvalue weighted by Crippen LogP contribution is -2.32. The van der Waals surface area contributed by atoms with E-state index < -0.39 is 28.4 Å². The summed E-state index contributed by atoms with van der Waals surface area (Å²) >= 11 is 0. The number of aliphatic hydroxyl groups excluding tert-OH is 1. The van der Waals surface area contributed by atoms with Gasteiger partial charge >= 0.3 is 0 Å².